The number of anilines is 1. The Morgan fingerprint density at radius 3 is 2.60 bits per heavy atom. The minimum atomic E-state index is 0.324. The predicted molar refractivity (Wildman–Crippen MR) is 87.7 cm³/mol. The number of likely N-dealkylation sites (N-methyl/N-ethyl adjacent to an activating group) is 1. The highest BCUT2D eigenvalue weighted by Gasteiger charge is 2.13. The van der Waals surface area contributed by atoms with Crippen LogP contribution in [0.5, 0.6) is 0 Å². The van der Waals surface area contributed by atoms with Gasteiger partial charge in [0.05, 0.1) is 6.61 Å². The number of methoxy groups -OCH3 is 1. The van der Waals surface area contributed by atoms with Gasteiger partial charge in [0.2, 0.25) is 0 Å². The van der Waals surface area contributed by atoms with Gasteiger partial charge in [-0.05, 0) is 43.1 Å². The van der Waals surface area contributed by atoms with Gasteiger partial charge in [-0.1, -0.05) is 25.4 Å². The molecule has 0 spiro atoms. The molecule has 4 heteroatoms. The van der Waals surface area contributed by atoms with Crippen LogP contribution in [0.15, 0.2) is 18.2 Å². The molecule has 1 aromatic rings. The zero-order valence-corrected chi connectivity index (χ0v) is 14.0. The summed E-state index contributed by atoms with van der Waals surface area (Å²) in [5, 5.41) is 4.26. The Balaban J connectivity index is 2.83. The van der Waals surface area contributed by atoms with Gasteiger partial charge < -0.3 is 15.0 Å². The van der Waals surface area contributed by atoms with E-state index in [-0.39, 0.29) is 0 Å². The second-order valence-electron chi connectivity index (χ2n) is 5.71. The van der Waals surface area contributed by atoms with Crippen molar-refractivity contribution in [1.82, 2.24) is 5.32 Å². The summed E-state index contributed by atoms with van der Waals surface area (Å²) in [6.45, 7) is 9.11. The monoisotopic (exact) mass is 298 g/mol. The van der Waals surface area contributed by atoms with E-state index in [2.05, 4.69) is 44.1 Å². The van der Waals surface area contributed by atoms with E-state index in [1.54, 1.807) is 7.11 Å². The van der Waals surface area contributed by atoms with Crippen molar-refractivity contribution in [2.24, 2.45) is 5.92 Å². The molecular weight excluding hydrogens is 272 g/mol. The summed E-state index contributed by atoms with van der Waals surface area (Å²) in [5.74, 6) is 0.641. The first-order chi connectivity index (χ1) is 9.45. The fourth-order valence-electron chi connectivity index (χ4n) is 2.13. The maximum Gasteiger partial charge on any atom is 0.0663 e. The van der Waals surface area contributed by atoms with E-state index in [1.165, 1.54) is 11.3 Å². The van der Waals surface area contributed by atoms with E-state index in [0.29, 0.717) is 18.6 Å². The Morgan fingerprint density at radius 2 is 2.00 bits per heavy atom. The van der Waals surface area contributed by atoms with E-state index in [1.807, 2.05) is 12.1 Å². The van der Waals surface area contributed by atoms with Crippen LogP contribution in [0.2, 0.25) is 5.02 Å². The fourth-order valence-corrected chi connectivity index (χ4v) is 2.32. The zero-order chi connectivity index (χ0) is 15.1. The third-order valence-electron chi connectivity index (χ3n) is 3.36. The molecule has 0 aliphatic carbocycles. The molecule has 0 radical (unpaired) electrons. The Hall–Kier alpha value is -0.770. The number of hydrogen-bond donors (Lipinski definition) is 1. The lowest BCUT2D eigenvalue weighted by Gasteiger charge is -2.29. The van der Waals surface area contributed by atoms with Crippen LogP contribution in [-0.4, -0.2) is 33.4 Å². The number of ether oxygens (including phenoxy) is 1. The van der Waals surface area contributed by atoms with Gasteiger partial charge in [0, 0.05) is 37.5 Å². The lowest BCUT2D eigenvalue weighted by molar-refractivity contribution is 0.183. The second kappa shape index (κ2) is 8.50. The average molecular weight is 299 g/mol. The van der Waals surface area contributed by atoms with Gasteiger partial charge in [-0.15, -0.1) is 0 Å². The molecule has 0 amide bonds. The Bertz CT molecular complexity index is 409. The molecule has 0 aliphatic heterocycles. The highest BCUT2D eigenvalue weighted by Crippen LogP contribution is 2.25. The van der Waals surface area contributed by atoms with Gasteiger partial charge in [-0.25, -0.2) is 0 Å². The van der Waals surface area contributed by atoms with Crippen molar-refractivity contribution in [2.45, 2.75) is 33.4 Å². The number of nitrogens with one attached hydrogen (secondary N) is 1. The van der Waals surface area contributed by atoms with Crippen LogP contribution in [0.25, 0.3) is 0 Å². The maximum atomic E-state index is 6.13. The maximum absolute atomic E-state index is 6.13. The van der Waals surface area contributed by atoms with Gasteiger partial charge in [0.15, 0.2) is 0 Å². The normalized spacial score (nSPS) is 12.8. The quantitative estimate of drug-likeness (QED) is 0.794. The van der Waals surface area contributed by atoms with Gasteiger partial charge in [-0.3, -0.25) is 0 Å². The molecule has 0 aliphatic rings. The first-order valence-electron chi connectivity index (χ1n) is 7.16. The molecule has 0 bridgehead atoms. The van der Waals surface area contributed by atoms with E-state index in [9.17, 15) is 0 Å². The molecule has 20 heavy (non-hydrogen) atoms. The van der Waals surface area contributed by atoms with Gasteiger partial charge in [-0.2, -0.15) is 0 Å². The van der Waals surface area contributed by atoms with Crippen molar-refractivity contribution in [2.75, 3.05) is 32.2 Å². The molecular formula is C16H27ClN2O. The van der Waals surface area contributed by atoms with Crippen LogP contribution >= 0.6 is 11.6 Å². The summed E-state index contributed by atoms with van der Waals surface area (Å²) in [4.78, 5) is 2.24. The topological polar surface area (TPSA) is 24.5 Å². The number of benzene rings is 1. The largest absolute Gasteiger partial charge is 0.383 e. The minimum Gasteiger partial charge on any atom is -0.383 e. The van der Waals surface area contributed by atoms with Gasteiger partial charge in [0.25, 0.3) is 0 Å². The Kier molecular flexibility index (Phi) is 7.35. The van der Waals surface area contributed by atoms with Crippen LogP contribution in [0.1, 0.15) is 26.3 Å². The van der Waals surface area contributed by atoms with Crippen molar-refractivity contribution < 1.29 is 4.74 Å². The van der Waals surface area contributed by atoms with Crippen molar-refractivity contribution in [1.29, 1.82) is 0 Å². The summed E-state index contributed by atoms with van der Waals surface area (Å²) in [6.07, 6.45) is 0. The molecule has 3 nitrogen and oxygen atoms in total. The third kappa shape index (κ3) is 5.31. The van der Waals surface area contributed by atoms with E-state index in [0.717, 1.165) is 18.1 Å². The van der Waals surface area contributed by atoms with E-state index >= 15 is 0 Å². The summed E-state index contributed by atoms with van der Waals surface area (Å²) >= 11 is 6.13. The van der Waals surface area contributed by atoms with Crippen LogP contribution in [0.4, 0.5) is 5.69 Å². The Morgan fingerprint density at radius 1 is 1.30 bits per heavy atom. The summed E-state index contributed by atoms with van der Waals surface area (Å²) in [5.41, 5.74) is 2.43. The standard InChI is InChI=1S/C16H27ClN2O/c1-12(2)9-18-10-14-8-15(17)6-7-16(14)19(4)13(3)11-20-5/h6-8,12-13,18H,9-11H2,1-5H3. The number of nitrogens with zero attached hydrogens (tertiary/aromatic N) is 1. The van der Waals surface area contributed by atoms with E-state index < -0.39 is 0 Å². The molecule has 1 N–H and O–H groups in total. The van der Waals surface area contributed by atoms with Crippen LogP contribution in [0.3, 0.4) is 0 Å². The zero-order valence-electron chi connectivity index (χ0n) is 13.2. The molecule has 1 aromatic carbocycles. The van der Waals surface area contributed by atoms with Crippen LogP contribution in [0, 0.1) is 5.92 Å². The van der Waals surface area contributed by atoms with Gasteiger partial charge in [0.1, 0.15) is 0 Å². The minimum absolute atomic E-state index is 0.324. The van der Waals surface area contributed by atoms with Gasteiger partial charge >= 0.3 is 0 Å². The summed E-state index contributed by atoms with van der Waals surface area (Å²) in [7, 11) is 3.83. The Labute approximate surface area is 128 Å². The van der Waals surface area contributed by atoms with Crippen molar-refractivity contribution >= 4 is 17.3 Å². The first-order valence-corrected chi connectivity index (χ1v) is 7.54. The molecule has 0 saturated heterocycles. The third-order valence-corrected chi connectivity index (χ3v) is 3.59. The predicted octanol–water partition coefficient (Wildman–Crippen LogP) is 3.56. The number of hydrogen-bond acceptors (Lipinski definition) is 3. The molecule has 0 saturated carbocycles. The summed E-state index contributed by atoms with van der Waals surface area (Å²) in [6, 6.07) is 6.39. The molecule has 1 unspecified atom stereocenters. The van der Waals surface area contributed by atoms with Crippen molar-refractivity contribution in [3.8, 4) is 0 Å². The molecule has 0 aromatic heterocycles. The van der Waals surface area contributed by atoms with E-state index in [4.69, 9.17) is 16.3 Å². The fraction of sp³-hybridized carbons (Fsp3) is 0.625. The molecule has 0 fully saturated rings. The van der Waals surface area contributed by atoms with Crippen molar-refractivity contribution in [3.63, 3.8) is 0 Å². The second-order valence-corrected chi connectivity index (χ2v) is 6.15. The van der Waals surface area contributed by atoms with Crippen molar-refractivity contribution in [3.05, 3.63) is 28.8 Å². The molecule has 0 heterocycles. The average Bonchev–Trinajstić information content (AvgIpc) is 2.38. The molecule has 1 rings (SSSR count). The smallest absolute Gasteiger partial charge is 0.0663 e. The SMILES string of the molecule is COCC(C)N(C)c1ccc(Cl)cc1CNCC(C)C. The summed E-state index contributed by atoms with van der Waals surface area (Å²) < 4.78 is 5.24. The lowest BCUT2D eigenvalue weighted by Crippen LogP contribution is -2.33. The first kappa shape index (κ1) is 17.3. The van der Waals surface area contributed by atoms with Crippen LogP contribution < -0.4 is 10.2 Å². The molecule has 1 atom stereocenters. The van der Waals surface area contributed by atoms with Crippen LogP contribution in [-0.2, 0) is 11.3 Å². The highest BCUT2D eigenvalue weighted by molar-refractivity contribution is 6.30. The number of halogens is 1. The highest BCUT2D eigenvalue weighted by atomic mass is 35.5. The lowest BCUT2D eigenvalue weighted by atomic mass is 10.1. The number of rotatable bonds is 8. The molecule has 114 valence electrons.